The lowest BCUT2D eigenvalue weighted by atomic mass is 10.0. The summed E-state index contributed by atoms with van der Waals surface area (Å²) in [4.78, 5) is 4.04. The van der Waals surface area contributed by atoms with Crippen LogP contribution in [0, 0.1) is 29.1 Å². The molecule has 2 nitrogen and oxygen atoms in total. The van der Waals surface area contributed by atoms with Gasteiger partial charge in [0.1, 0.15) is 0 Å². The fourth-order valence-corrected chi connectivity index (χ4v) is 2.04. The Morgan fingerprint density at radius 1 is 1.15 bits per heavy atom. The van der Waals surface area contributed by atoms with E-state index in [2.05, 4.69) is 22.9 Å². The Hall–Kier alpha value is -1.80. The molecule has 1 heterocycles. The van der Waals surface area contributed by atoms with E-state index in [1.165, 1.54) is 38.5 Å². The number of hydrogen-bond donors (Lipinski definition) is 0. The van der Waals surface area contributed by atoms with Gasteiger partial charge < -0.3 is 0 Å². The van der Waals surface area contributed by atoms with Crippen molar-refractivity contribution in [3.63, 3.8) is 0 Å². The zero-order valence-electron chi connectivity index (χ0n) is 12.4. The Morgan fingerprint density at radius 2 is 1.90 bits per heavy atom. The van der Waals surface area contributed by atoms with E-state index in [0.29, 0.717) is 0 Å². The molecule has 0 aromatic carbocycles. The highest BCUT2D eigenvalue weighted by Crippen LogP contribution is 2.11. The van der Waals surface area contributed by atoms with Crippen molar-refractivity contribution in [2.45, 2.75) is 58.3 Å². The summed E-state index contributed by atoms with van der Waals surface area (Å²) in [6.45, 7) is 2.00. The summed E-state index contributed by atoms with van der Waals surface area (Å²) in [5, 5.41) is 8.67. The molecule has 0 aliphatic rings. The molecule has 0 saturated carbocycles. The van der Waals surface area contributed by atoms with Crippen LogP contribution < -0.4 is 0 Å². The van der Waals surface area contributed by atoms with Crippen molar-refractivity contribution in [2.24, 2.45) is 5.92 Å². The first kappa shape index (κ1) is 16.3. The predicted octanol–water partition coefficient (Wildman–Crippen LogP) is 4.71. The number of pyridine rings is 1. The summed E-state index contributed by atoms with van der Waals surface area (Å²) < 4.78 is 0. The maximum atomic E-state index is 8.67. The number of rotatable bonds is 8. The van der Waals surface area contributed by atoms with Gasteiger partial charge in [-0.05, 0) is 31.9 Å². The van der Waals surface area contributed by atoms with Crippen molar-refractivity contribution in [3.8, 4) is 17.9 Å². The molecule has 0 saturated heterocycles. The first-order valence-corrected chi connectivity index (χ1v) is 7.61. The SMILES string of the molecule is CC(C#N)CCCCCCCCC#Cc1cccnc1. The summed E-state index contributed by atoms with van der Waals surface area (Å²) in [6, 6.07) is 6.19. The lowest BCUT2D eigenvalue weighted by Crippen LogP contribution is -1.89. The third-order valence-electron chi connectivity index (χ3n) is 3.30. The van der Waals surface area contributed by atoms with Crippen LogP contribution in [0.5, 0.6) is 0 Å². The molecule has 0 N–H and O–H groups in total. The van der Waals surface area contributed by atoms with E-state index >= 15 is 0 Å². The predicted molar refractivity (Wildman–Crippen MR) is 82.8 cm³/mol. The average molecular weight is 268 g/mol. The molecule has 0 radical (unpaired) electrons. The second-order valence-electron chi connectivity index (χ2n) is 5.23. The van der Waals surface area contributed by atoms with Gasteiger partial charge in [0.25, 0.3) is 0 Å². The molecule has 0 bridgehead atoms. The molecule has 106 valence electrons. The fourth-order valence-electron chi connectivity index (χ4n) is 2.04. The average Bonchev–Trinajstić information content (AvgIpc) is 2.50. The zero-order valence-corrected chi connectivity index (χ0v) is 12.4. The molecule has 0 spiro atoms. The lowest BCUT2D eigenvalue weighted by molar-refractivity contribution is 0.545. The Bertz CT molecular complexity index is 448. The second-order valence-corrected chi connectivity index (χ2v) is 5.23. The van der Waals surface area contributed by atoms with Gasteiger partial charge in [-0.25, -0.2) is 0 Å². The lowest BCUT2D eigenvalue weighted by Gasteiger charge is -2.02. The van der Waals surface area contributed by atoms with Crippen LogP contribution in [-0.2, 0) is 0 Å². The Morgan fingerprint density at radius 3 is 2.60 bits per heavy atom. The molecule has 1 rings (SSSR count). The third kappa shape index (κ3) is 8.33. The topological polar surface area (TPSA) is 36.7 Å². The minimum Gasteiger partial charge on any atom is -0.263 e. The number of unbranched alkanes of at least 4 members (excludes halogenated alkanes) is 6. The summed E-state index contributed by atoms with van der Waals surface area (Å²) >= 11 is 0. The molecule has 0 fully saturated rings. The van der Waals surface area contributed by atoms with Crippen LogP contribution in [0.15, 0.2) is 24.5 Å². The number of nitriles is 1. The summed E-state index contributed by atoms with van der Waals surface area (Å²) in [6.07, 6.45) is 13.1. The fraction of sp³-hybridized carbons (Fsp3) is 0.556. The number of hydrogen-bond acceptors (Lipinski definition) is 2. The standard InChI is InChI=1S/C18H24N2/c1-17(15-19)11-8-6-4-2-3-5-7-9-12-18-13-10-14-20-16-18/h10,13-14,16-17H,2-8,11H2,1H3. The molecular formula is C18H24N2. The quantitative estimate of drug-likeness (QED) is 0.505. The molecule has 1 unspecified atom stereocenters. The molecule has 20 heavy (non-hydrogen) atoms. The van der Waals surface area contributed by atoms with Crippen LogP contribution >= 0.6 is 0 Å². The van der Waals surface area contributed by atoms with Crippen molar-refractivity contribution in [1.29, 1.82) is 5.26 Å². The first-order valence-electron chi connectivity index (χ1n) is 7.61. The van der Waals surface area contributed by atoms with Gasteiger partial charge in [0.05, 0.1) is 6.07 Å². The van der Waals surface area contributed by atoms with Crippen molar-refractivity contribution in [3.05, 3.63) is 30.1 Å². The maximum absolute atomic E-state index is 8.67. The smallest absolute Gasteiger partial charge is 0.0652 e. The summed E-state index contributed by atoms with van der Waals surface area (Å²) in [5.41, 5.74) is 0.999. The van der Waals surface area contributed by atoms with E-state index in [0.717, 1.165) is 18.4 Å². The molecule has 1 atom stereocenters. The highest BCUT2D eigenvalue weighted by molar-refractivity contribution is 5.30. The maximum Gasteiger partial charge on any atom is 0.0652 e. The van der Waals surface area contributed by atoms with Crippen molar-refractivity contribution in [1.82, 2.24) is 4.98 Å². The summed E-state index contributed by atoms with van der Waals surface area (Å²) in [5.74, 6) is 6.55. The largest absolute Gasteiger partial charge is 0.263 e. The van der Waals surface area contributed by atoms with Gasteiger partial charge in [-0.3, -0.25) is 4.98 Å². The molecule has 2 heteroatoms. The van der Waals surface area contributed by atoms with Gasteiger partial charge in [0.2, 0.25) is 0 Å². The van der Waals surface area contributed by atoms with Crippen LogP contribution in [0.4, 0.5) is 0 Å². The van der Waals surface area contributed by atoms with E-state index in [-0.39, 0.29) is 5.92 Å². The zero-order chi connectivity index (χ0) is 14.5. The molecule has 0 aliphatic heterocycles. The highest BCUT2D eigenvalue weighted by Gasteiger charge is 1.98. The first-order chi connectivity index (χ1) is 9.83. The summed E-state index contributed by atoms with van der Waals surface area (Å²) in [7, 11) is 0. The van der Waals surface area contributed by atoms with Crippen molar-refractivity contribution < 1.29 is 0 Å². The van der Waals surface area contributed by atoms with E-state index in [4.69, 9.17) is 5.26 Å². The van der Waals surface area contributed by atoms with Gasteiger partial charge in [-0.2, -0.15) is 5.26 Å². The van der Waals surface area contributed by atoms with E-state index in [9.17, 15) is 0 Å². The van der Waals surface area contributed by atoms with Gasteiger partial charge >= 0.3 is 0 Å². The van der Waals surface area contributed by atoms with Crippen LogP contribution in [0.2, 0.25) is 0 Å². The molecule has 1 aromatic rings. The monoisotopic (exact) mass is 268 g/mol. The van der Waals surface area contributed by atoms with Crippen molar-refractivity contribution >= 4 is 0 Å². The van der Waals surface area contributed by atoms with E-state index in [1.807, 2.05) is 19.1 Å². The Balaban J connectivity index is 1.93. The molecule has 0 amide bonds. The molecular weight excluding hydrogens is 244 g/mol. The van der Waals surface area contributed by atoms with Crippen LogP contribution in [0.3, 0.4) is 0 Å². The van der Waals surface area contributed by atoms with Gasteiger partial charge in [-0.1, -0.05) is 43.9 Å². The molecule has 1 aromatic heterocycles. The van der Waals surface area contributed by atoms with Gasteiger partial charge in [0.15, 0.2) is 0 Å². The van der Waals surface area contributed by atoms with Crippen LogP contribution in [0.1, 0.15) is 63.9 Å². The van der Waals surface area contributed by atoms with Gasteiger partial charge in [-0.15, -0.1) is 0 Å². The normalized spacial score (nSPS) is 11.2. The molecule has 0 aliphatic carbocycles. The van der Waals surface area contributed by atoms with E-state index < -0.39 is 0 Å². The Kier molecular flexibility index (Phi) is 8.99. The highest BCUT2D eigenvalue weighted by atomic mass is 14.6. The van der Waals surface area contributed by atoms with Crippen LogP contribution in [-0.4, -0.2) is 4.98 Å². The minimum absolute atomic E-state index is 0.220. The van der Waals surface area contributed by atoms with Crippen molar-refractivity contribution in [2.75, 3.05) is 0 Å². The van der Waals surface area contributed by atoms with Crippen LogP contribution in [0.25, 0.3) is 0 Å². The van der Waals surface area contributed by atoms with E-state index in [1.54, 1.807) is 12.4 Å². The number of aromatic nitrogens is 1. The minimum atomic E-state index is 0.220. The Labute approximate surface area is 123 Å². The third-order valence-corrected chi connectivity index (χ3v) is 3.30. The second kappa shape index (κ2) is 11.1. The number of nitrogens with zero attached hydrogens (tertiary/aromatic N) is 2. The van der Waals surface area contributed by atoms with Gasteiger partial charge in [0, 0.05) is 30.3 Å².